The third-order valence-corrected chi connectivity index (χ3v) is 2.93. The number of anilines is 1. The van der Waals surface area contributed by atoms with Crippen LogP contribution >= 0.6 is 0 Å². The van der Waals surface area contributed by atoms with E-state index in [4.69, 9.17) is 5.11 Å². The average Bonchev–Trinajstić information content (AvgIpc) is 2.39. The van der Waals surface area contributed by atoms with Crippen molar-refractivity contribution in [2.45, 2.75) is 19.9 Å². The molecule has 0 bridgehead atoms. The van der Waals surface area contributed by atoms with Crippen molar-refractivity contribution < 1.29 is 10.0 Å². The first kappa shape index (κ1) is 15.4. The fourth-order valence-corrected chi connectivity index (χ4v) is 2.13. The molecule has 0 aliphatic carbocycles. The van der Waals surface area contributed by atoms with Gasteiger partial charge in [-0.1, -0.05) is 19.1 Å². The molecule has 1 aromatic rings. The van der Waals surface area contributed by atoms with Crippen molar-refractivity contribution in [3.05, 3.63) is 33.9 Å². The summed E-state index contributed by atoms with van der Waals surface area (Å²) in [5, 5.41) is 22.9. The summed E-state index contributed by atoms with van der Waals surface area (Å²) in [6, 6.07) is 5.06. The van der Waals surface area contributed by atoms with Gasteiger partial charge in [0.2, 0.25) is 0 Å². The average molecular weight is 267 g/mol. The van der Waals surface area contributed by atoms with Gasteiger partial charge in [-0.3, -0.25) is 15.0 Å². The van der Waals surface area contributed by atoms with E-state index in [2.05, 4.69) is 17.1 Å². The zero-order valence-electron chi connectivity index (χ0n) is 11.4. The monoisotopic (exact) mass is 267 g/mol. The van der Waals surface area contributed by atoms with Crippen LogP contribution in [0.4, 0.5) is 11.4 Å². The van der Waals surface area contributed by atoms with Crippen molar-refractivity contribution in [3.63, 3.8) is 0 Å². The van der Waals surface area contributed by atoms with E-state index >= 15 is 0 Å². The minimum atomic E-state index is -0.383. The molecule has 0 fully saturated rings. The molecule has 1 aromatic carbocycles. The fourth-order valence-electron chi connectivity index (χ4n) is 2.13. The molecule has 0 saturated carbocycles. The van der Waals surface area contributed by atoms with Crippen molar-refractivity contribution in [3.8, 4) is 0 Å². The Morgan fingerprint density at radius 3 is 2.68 bits per heavy atom. The van der Waals surface area contributed by atoms with Crippen molar-refractivity contribution in [1.29, 1.82) is 0 Å². The molecule has 0 aliphatic heterocycles. The highest BCUT2D eigenvalue weighted by atomic mass is 16.6. The first-order valence-corrected chi connectivity index (χ1v) is 6.41. The molecule has 106 valence electrons. The van der Waals surface area contributed by atoms with Gasteiger partial charge < -0.3 is 10.4 Å². The molecular formula is C13H21N3O3. The second-order valence-electron chi connectivity index (χ2n) is 4.32. The zero-order chi connectivity index (χ0) is 14.3. The lowest BCUT2D eigenvalue weighted by molar-refractivity contribution is -0.384. The molecular weight excluding hydrogens is 246 g/mol. The van der Waals surface area contributed by atoms with Gasteiger partial charge in [-0.15, -0.1) is 0 Å². The molecule has 6 heteroatoms. The van der Waals surface area contributed by atoms with Crippen LogP contribution in [0.1, 0.15) is 18.9 Å². The molecule has 0 atom stereocenters. The minimum Gasteiger partial charge on any atom is -0.395 e. The van der Waals surface area contributed by atoms with Crippen LogP contribution in [0.2, 0.25) is 0 Å². The van der Waals surface area contributed by atoms with Crippen molar-refractivity contribution in [1.82, 2.24) is 4.90 Å². The van der Waals surface area contributed by atoms with Crippen molar-refractivity contribution >= 4 is 11.4 Å². The lowest BCUT2D eigenvalue weighted by atomic mass is 10.1. The van der Waals surface area contributed by atoms with Gasteiger partial charge in [-0.25, -0.2) is 0 Å². The molecule has 0 unspecified atom stereocenters. The molecule has 1 rings (SSSR count). The SMILES string of the molecule is CCCN(CCO)Cc1cccc([N+](=O)[O-])c1NC. The highest BCUT2D eigenvalue weighted by Gasteiger charge is 2.17. The number of hydrogen-bond acceptors (Lipinski definition) is 5. The van der Waals surface area contributed by atoms with Gasteiger partial charge in [0.15, 0.2) is 0 Å². The van der Waals surface area contributed by atoms with Gasteiger partial charge >= 0.3 is 0 Å². The summed E-state index contributed by atoms with van der Waals surface area (Å²) in [7, 11) is 1.68. The smallest absolute Gasteiger partial charge is 0.292 e. The maximum atomic E-state index is 11.0. The lowest BCUT2D eigenvalue weighted by Crippen LogP contribution is -2.27. The first-order valence-electron chi connectivity index (χ1n) is 6.41. The minimum absolute atomic E-state index is 0.0837. The molecule has 0 heterocycles. The van der Waals surface area contributed by atoms with E-state index in [-0.39, 0.29) is 17.2 Å². The number of nitrogens with zero attached hydrogens (tertiary/aromatic N) is 2. The number of aliphatic hydroxyl groups is 1. The summed E-state index contributed by atoms with van der Waals surface area (Å²) in [4.78, 5) is 12.7. The third-order valence-electron chi connectivity index (χ3n) is 2.93. The van der Waals surface area contributed by atoms with E-state index < -0.39 is 0 Å². The number of rotatable bonds is 8. The van der Waals surface area contributed by atoms with Crippen LogP contribution in [0.5, 0.6) is 0 Å². The van der Waals surface area contributed by atoms with Crippen LogP contribution < -0.4 is 5.32 Å². The van der Waals surface area contributed by atoms with Crippen LogP contribution in [0.25, 0.3) is 0 Å². The standard InChI is InChI=1S/C13H21N3O3/c1-3-7-15(8-9-17)10-11-5-4-6-12(16(18)19)13(11)14-2/h4-6,14,17H,3,7-10H2,1-2H3. The van der Waals surface area contributed by atoms with Crippen LogP contribution in [-0.4, -0.2) is 41.7 Å². The predicted octanol–water partition coefficient (Wildman–Crippen LogP) is 1.84. The quantitative estimate of drug-likeness (QED) is 0.555. The van der Waals surface area contributed by atoms with Crippen molar-refractivity contribution in [2.75, 3.05) is 32.1 Å². The van der Waals surface area contributed by atoms with Gasteiger partial charge in [0.05, 0.1) is 11.5 Å². The van der Waals surface area contributed by atoms with E-state index in [1.165, 1.54) is 6.07 Å². The maximum Gasteiger partial charge on any atom is 0.292 e. The molecule has 0 spiro atoms. The molecule has 2 N–H and O–H groups in total. The number of hydrogen-bond donors (Lipinski definition) is 2. The number of nitro benzene ring substituents is 1. The first-order chi connectivity index (χ1) is 9.13. The van der Waals surface area contributed by atoms with Crippen LogP contribution in [-0.2, 0) is 6.54 Å². The Bertz CT molecular complexity index is 418. The molecule has 0 saturated heterocycles. The summed E-state index contributed by atoms with van der Waals surface area (Å²) in [6.45, 7) is 4.17. The summed E-state index contributed by atoms with van der Waals surface area (Å²) in [6.07, 6.45) is 0.976. The van der Waals surface area contributed by atoms with Gasteiger partial charge in [-0.2, -0.15) is 0 Å². The third kappa shape index (κ3) is 4.18. The maximum absolute atomic E-state index is 11.0. The molecule has 0 radical (unpaired) electrons. The van der Waals surface area contributed by atoms with E-state index in [1.807, 2.05) is 6.07 Å². The second kappa shape index (κ2) is 7.70. The molecule has 6 nitrogen and oxygen atoms in total. The summed E-state index contributed by atoms with van der Waals surface area (Å²) in [5.41, 5.74) is 1.51. The second-order valence-corrected chi connectivity index (χ2v) is 4.32. The molecule has 0 aliphatic rings. The van der Waals surface area contributed by atoms with Gasteiger partial charge in [0, 0.05) is 26.2 Å². The Labute approximate surface area is 113 Å². The summed E-state index contributed by atoms with van der Waals surface area (Å²) >= 11 is 0. The lowest BCUT2D eigenvalue weighted by Gasteiger charge is -2.22. The molecule has 0 amide bonds. The number of nitro groups is 1. The van der Waals surface area contributed by atoms with E-state index in [9.17, 15) is 10.1 Å². The normalized spacial score (nSPS) is 10.7. The number of para-hydroxylation sites is 1. The van der Waals surface area contributed by atoms with Crippen LogP contribution in [0.15, 0.2) is 18.2 Å². The highest BCUT2D eigenvalue weighted by Crippen LogP contribution is 2.28. The topological polar surface area (TPSA) is 78.6 Å². The van der Waals surface area contributed by atoms with Gasteiger partial charge in [0.1, 0.15) is 5.69 Å². The summed E-state index contributed by atoms with van der Waals surface area (Å²) < 4.78 is 0. The van der Waals surface area contributed by atoms with Crippen LogP contribution in [0.3, 0.4) is 0 Å². The molecule has 19 heavy (non-hydrogen) atoms. The van der Waals surface area contributed by atoms with E-state index in [0.717, 1.165) is 18.5 Å². The van der Waals surface area contributed by atoms with E-state index in [1.54, 1.807) is 13.1 Å². The number of aliphatic hydroxyl groups excluding tert-OH is 1. The Balaban J connectivity index is 2.98. The van der Waals surface area contributed by atoms with Gasteiger partial charge in [0.25, 0.3) is 5.69 Å². The van der Waals surface area contributed by atoms with Gasteiger partial charge in [-0.05, 0) is 18.5 Å². The number of nitrogens with one attached hydrogen (secondary N) is 1. The Kier molecular flexibility index (Phi) is 6.24. The van der Waals surface area contributed by atoms with Crippen LogP contribution in [0, 0.1) is 10.1 Å². The summed E-state index contributed by atoms with van der Waals surface area (Å²) in [5.74, 6) is 0. The van der Waals surface area contributed by atoms with Crippen molar-refractivity contribution in [2.24, 2.45) is 0 Å². The fraction of sp³-hybridized carbons (Fsp3) is 0.538. The Morgan fingerprint density at radius 1 is 1.42 bits per heavy atom. The van der Waals surface area contributed by atoms with E-state index in [0.29, 0.717) is 18.8 Å². The largest absolute Gasteiger partial charge is 0.395 e. The Hall–Kier alpha value is -1.66. The zero-order valence-corrected chi connectivity index (χ0v) is 11.4. The number of benzene rings is 1. The highest BCUT2D eigenvalue weighted by molar-refractivity contribution is 5.66. The Morgan fingerprint density at radius 2 is 2.16 bits per heavy atom. The molecule has 0 aromatic heterocycles. The predicted molar refractivity (Wildman–Crippen MR) is 75.3 cm³/mol.